The first-order chi connectivity index (χ1) is 9.06. The Kier molecular flexibility index (Phi) is 4.37. The molecule has 0 aliphatic carbocycles. The van der Waals surface area contributed by atoms with E-state index in [2.05, 4.69) is 22.2 Å². The summed E-state index contributed by atoms with van der Waals surface area (Å²) >= 11 is 0. The minimum atomic E-state index is -0.926. The van der Waals surface area contributed by atoms with Crippen molar-refractivity contribution in [1.29, 1.82) is 0 Å². The summed E-state index contributed by atoms with van der Waals surface area (Å²) in [5, 5.41) is 12.3. The number of nitrogens with zero attached hydrogens (tertiary/aromatic N) is 2. The number of rotatable bonds is 4. The highest BCUT2D eigenvalue weighted by atomic mass is 16.4. The zero-order valence-corrected chi connectivity index (χ0v) is 11.5. The van der Waals surface area contributed by atoms with Gasteiger partial charge in [-0.05, 0) is 51.4 Å². The molecule has 0 bridgehead atoms. The third-order valence-corrected chi connectivity index (χ3v) is 3.61. The third-order valence-electron chi connectivity index (χ3n) is 3.61. The van der Waals surface area contributed by atoms with Gasteiger partial charge in [0.1, 0.15) is 5.82 Å². The first-order valence-corrected chi connectivity index (χ1v) is 6.69. The molecule has 0 amide bonds. The minimum absolute atomic E-state index is 0.267. The molecule has 5 nitrogen and oxygen atoms in total. The van der Waals surface area contributed by atoms with Gasteiger partial charge in [0.2, 0.25) is 0 Å². The van der Waals surface area contributed by atoms with E-state index in [1.807, 2.05) is 0 Å². The van der Waals surface area contributed by atoms with Crippen LogP contribution >= 0.6 is 0 Å². The molecular formula is C14H21N3O2. The number of pyridine rings is 1. The smallest absolute Gasteiger partial charge is 0.337 e. The van der Waals surface area contributed by atoms with E-state index in [1.165, 1.54) is 19.4 Å². The quantitative estimate of drug-likeness (QED) is 0.867. The number of anilines is 1. The monoisotopic (exact) mass is 263 g/mol. The van der Waals surface area contributed by atoms with E-state index in [-0.39, 0.29) is 5.56 Å². The molecule has 2 N–H and O–H groups in total. The van der Waals surface area contributed by atoms with Gasteiger partial charge < -0.3 is 15.3 Å². The van der Waals surface area contributed by atoms with Crippen LogP contribution < -0.4 is 5.32 Å². The molecule has 1 aromatic rings. The van der Waals surface area contributed by atoms with Crippen LogP contribution in [0.25, 0.3) is 0 Å². The molecule has 1 unspecified atom stereocenters. The van der Waals surface area contributed by atoms with Gasteiger partial charge >= 0.3 is 5.97 Å². The zero-order valence-electron chi connectivity index (χ0n) is 11.5. The van der Waals surface area contributed by atoms with Crippen LogP contribution in [0, 0.1) is 12.8 Å². The van der Waals surface area contributed by atoms with Gasteiger partial charge in [-0.3, -0.25) is 0 Å². The lowest BCUT2D eigenvalue weighted by Gasteiger charge is -2.29. The van der Waals surface area contributed by atoms with Gasteiger partial charge in [0, 0.05) is 13.1 Å². The van der Waals surface area contributed by atoms with Crippen molar-refractivity contribution in [3.63, 3.8) is 0 Å². The molecule has 1 aliphatic rings. The maximum Gasteiger partial charge on any atom is 0.337 e. The summed E-state index contributed by atoms with van der Waals surface area (Å²) in [6, 6.07) is 3.35. The summed E-state index contributed by atoms with van der Waals surface area (Å²) in [5.41, 5.74) is 0.821. The predicted molar refractivity (Wildman–Crippen MR) is 74.6 cm³/mol. The highest BCUT2D eigenvalue weighted by Crippen LogP contribution is 2.16. The van der Waals surface area contributed by atoms with Crippen molar-refractivity contribution in [3.05, 3.63) is 23.4 Å². The van der Waals surface area contributed by atoms with Gasteiger partial charge in [0.15, 0.2) is 0 Å². The lowest BCUT2D eigenvalue weighted by atomic mass is 9.98. The number of aromatic carboxylic acids is 1. The second-order valence-electron chi connectivity index (χ2n) is 5.29. The molecule has 0 radical (unpaired) electrons. The Labute approximate surface area is 113 Å². The third kappa shape index (κ3) is 3.67. The van der Waals surface area contributed by atoms with Crippen LogP contribution in [-0.2, 0) is 0 Å². The molecule has 19 heavy (non-hydrogen) atoms. The zero-order chi connectivity index (χ0) is 13.8. The fourth-order valence-corrected chi connectivity index (χ4v) is 2.57. The Morgan fingerprint density at radius 1 is 1.58 bits per heavy atom. The number of aromatic nitrogens is 1. The van der Waals surface area contributed by atoms with Crippen molar-refractivity contribution in [2.45, 2.75) is 19.8 Å². The van der Waals surface area contributed by atoms with E-state index in [0.717, 1.165) is 18.9 Å². The van der Waals surface area contributed by atoms with Crippen LogP contribution in [0.1, 0.15) is 28.9 Å². The number of carboxylic acid groups (broad SMARTS) is 1. The second-order valence-corrected chi connectivity index (χ2v) is 5.29. The first kappa shape index (κ1) is 13.8. The number of nitrogens with one attached hydrogen (secondary N) is 1. The minimum Gasteiger partial charge on any atom is -0.478 e. The van der Waals surface area contributed by atoms with E-state index < -0.39 is 5.97 Å². The second kappa shape index (κ2) is 6.02. The number of carboxylic acids is 1. The van der Waals surface area contributed by atoms with Gasteiger partial charge in [0.05, 0.1) is 11.3 Å². The van der Waals surface area contributed by atoms with Gasteiger partial charge in [-0.25, -0.2) is 9.78 Å². The average Bonchev–Trinajstić information content (AvgIpc) is 2.36. The van der Waals surface area contributed by atoms with E-state index in [0.29, 0.717) is 11.6 Å². The van der Waals surface area contributed by atoms with Crippen molar-refractivity contribution < 1.29 is 9.90 Å². The van der Waals surface area contributed by atoms with E-state index in [9.17, 15) is 4.79 Å². The van der Waals surface area contributed by atoms with Crippen molar-refractivity contribution in [2.24, 2.45) is 5.92 Å². The fraction of sp³-hybridized carbons (Fsp3) is 0.571. The number of hydrogen-bond donors (Lipinski definition) is 2. The number of carbonyl (C=O) groups is 1. The topological polar surface area (TPSA) is 65.5 Å². The molecule has 0 saturated carbocycles. The molecule has 1 aromatic heterocycles. The molecule has 0 aromatic carbocycles. The van der Waals surface area contributed by atoms with Crippen LogP contribution in [0.5, 0.6) is 0 Å². The molecule has 0 spiro atoms. The van der Waals surface area contributed by atoms with Crippen molar-refractivity contribution >= 4 is 11.8 Å². The highest BCUT2D eigenvalue weighted by Gasteiger charge is 2.17. The largest absolute Gasteiger partial charge is 0.478 e. The fourth-order valence-electron chi connectivity index (χ4n) is 2.57. The normalized spacial score (nSPS) is 20.2. The molecule has 1 fully saturated rings. The van der Waals surface area contributed by atoms with E-state index >= 15 is 0 Å². The number of likely N-dealkylation sites (tertiary alicyclic amines) is 1. The summed E-state index contributed by atoms with van der Waals surface area (Å²) in [5.74, 6) is 0.473. The summed E-state index contributed by atoms with van der Waals surface area (Å²) in [7, 11) is 2.15. The molecule has 104 valence electrons. The highest BCUT2D eigenvalue weighted by molar-refractivity contribution is 5.89. The standard InChI is InChI=1S/C14H21N3O2/c1-10-12(14(18)19)5-6-13(16-10)15-8-11-4-3-7-17(2)9-11/h5-6,11H,3-4,7-9H2,1-2H3,(H,15,16)(H,18,19). The molecule has 2 heterocycles. The lowest BCUT2D eigenvalue weighted by Crippen LogP contribution is -2.35. The van der Waals surface area contributed by atoms with Crippen molar-refractivity contribution in [2.75, 3.05) is 32.0 Å². The maximum atomic E-state index is 10.9. The van der Waals surface area contributed by atoms with E-state index in [4.69, 9.17) is 5.11 Å². The average molecular weight is 263 g/mol. The van der Waals surface area contributed by atoms with Crippen molar-refractivity contribution in [1.82, 2.24) is 9.88 Å². The van der Waals surface area contributed by atoms with Crippen LogP contribution in [0.3, 0.4) is 0 Å². The SMILES string of the molecule is Cc1nc(NCC2CCCN(C)C2)ccc1C(=O)O. The Hall–Kier alpha value is -1.62. The summed E-state index contributed by atoms with van der Waals surface area (Å²) in [6.45, 7) is 4.91. The Bertz CT molecular complexity index is 462. The Balaban J connectivity index is 1.92. The van der Waals surface area contributed by atoms with Gasteiger partial charge in [0.25, 0.3) is 0 Å². The number of piperidine rings is 1. The lowest BCUT2D eigenvalue weighted by molar-refractivity contribution is 0.0695. The maximum absolute atomic E-state index is 10.9. The molecule has 1 aliphatic heterocycles. The van der Waals surface area contributed by atoms with Crippen molar-refractivity contribution in [3.8, 4) is 0 Å². The molecule has 5 heteroatoms. The summed E-state index contributed by atoms with van der Waals surface area (Å²) < 4.78 is 0. The van der Waals surface area contributed by atoms with Gasteiger partial charge in [-0.15, -0.1) is 0 Å². The van der Waals surface area contributed by atoms with Gasteiger partial charge in [-0.2, -0.15) is 0 Å². The number of aryl methyl sites for hydroxylation is 1. The van der Waals surface area contributed by atoms with Gasteiger partial charge in [-0.1, -0.05) is 0 Å². The Morgan fingerprint density at radius 2 is 2.37 bits per heavy atom. The molecule has 1 saturated heterocycles. The first-order valence-electron chi connectivity index (χ1n) is 6.69. The van der Waals surface area contributed by atoms with Crippen LogP contribution in [-0.4, -0.2) is 47.6 Å². The van der Waals surface area contributed by atoms with Crippen LogP contribution in [0.2, 0.25) is 0 Å². The summed E-state index contributed by atoms with van der Waals surface area (Å²) in [4.78, 5) is 17.5. The molecular weight excluding hydrogens is 242 g/mol. The molecule has 1 atom stereocenters. The predicted octanol–water partition coefficient (Wildman–Crippen LogP) is 1.84. The van der Waals surface area contributed by atoms with E-state index in [1.54, 1.807) is 19.1 Å². The number of hydrogen-bond acceptors (Lipinski definition) is 4. The molecule has 2 rings (SSSR count). The van der Waals surface area contributed by atoms with Crippen LogP contribution in [0.4, 0.5) is 5.82 Å². The van der Waals surface area contributed by atoms with Crippen LogP contribution in [0.15, 0.2) is 12.1 Å². The summed E-state index contributed by atoms with van der Waals surface area (Å²) in [6.07, 6.45) is 2.48. The Morgan fingerprint density at radius 3 is 3.00 bits per heavy atom.